The van der Waals surface area contributed by atoms with Crippen LogP contribution in [0.2, 0.25) is 0 Å². The second-order valence-electron chi connectivity index (χ2n) is 7.29. The van der Waals surface area contributed by atoms with Crippen LogP contribution in [0.1, 0.15) is 45.1 Å². The standard InChI is InChI=1S/C21H24BrNO5/c1-10(2)28-21(26)17-11(3)23-14-6-5-7-15(24)19(14)18(17)12-8-13(22)20(25)16(9-12)27-4/h6,8-10,18-19,23,25H,5,7H2,1-4H3. The van der Waals surface area contributed by atoms with Gasteiger partial charge in [0.15, 0.2) is 11.5 Å². The molecule has 1 heterocycles. The molecule has 2 atom stereocenters. The van der Waals surface area contributed by atoms with Gasteiger partial charge < -0.3 is 19.9 Å². The van der Waals surface area contributed by atoms with Crippen LogP contribution in [0.3, 0.4) is 0 Å². The topological polar surface area (TPSA) is 84.9 Å². The molecule has 3 rings (SSSR count). The molecule has 1 aliphatic heterocycles. The summed E-state index contributed by atoms with van der Waals surface area (Å²) in [6.07, 6.45) is 2.83. The molecule has 0 saturated carbocycles. The van der Waals surface area contributed by atoms with Gasteiger partial charge in [0.1, 0.15) is 5.78 Å². The van der Waals surface area contributed by atoms with Crippen LogP contribution in [0.5, 0.6) is 11.5 Å². The Labute approximate surface area is 172 Å². The number of phenols is 1. The number of Topliss-reactive ketones (excluding diaryl/α,β-unsaturated/α-hetero) is 1. The number of ketones is 1. The van der Waals surface area contributed by atoms with Crippen molar-refractivity contribution in [1.29, 1.82) is 0 Å². The minimum atomic E-state index is -0.530. The zero-order chi connectivity index (χ0) is 20.6. The van der Waals surface area contributed by atoms with Crippen LogP contribution in [-0.2, 0) is 14.3 Å². The molecule has 2 aliphatic rings. The summed E-state index contributed by atoms with van der Waals surface area (Å²) in [6, 6.07) is 3.40. The molecule has 0 spiro atoms. The maximum atomic E-state index is 12.9. The highest BCUT2D eigenvalue weighted by Crippen LogP contribution is 2.47. The molecule has 1 aliphatic carbocycles. The summed E-state index contributed by atoms with van der Waals surface area (Å²) in [5, 5.41) is 13.4. The summed E-state index contributed by atoms with van der Waals surface area (Å²) in [7, 11) is 1.46. The quantitative estimate of drug-likeness (QED) is 0.677. The summed E-state index contributed by atoms with van der Waals surface area (Å²) < 4.78 is 11.2. The Morgan fingerprint density at radius 3 is 2.68 bits per heavy atom. The van der Waals surface area contributed by atoms with Gasteiger partial charge in [0, 0.05) is 23.7 Å². The first-order chi connectivity index (χ1) is 13.2. The number of nitrogens with one attached hydrogen (secondary N) is 1. The third-order valence-corrected chi connectivity index (χ3v) is 5.61. The Morgan fingerprint density at radius 2 is 2.04 bits per heavy atom. The van der Waals surface area contributed by atoms with Gasteiger partial charge in [0.2, 0.25) is 0 Å². The Morgan fingerprint density at radius 1 is 1.32 bits per heavy atom. The number of carbonyl (C=O) groups is 2. The van der Waals surface area contributed by atoms with Gasteiger partial charge >= 0.3 is 5.97 Å². The molecule has 7 heteroatoms. The Bertz CT molecular complexity index is 887. The number of hydrogen-bond acceptors (Lipinski definition) is 6. The van der Waals surface area contributed by atoms with Gasteiger partial charge in [-0.3, -0.25) is 4.79 Å². The number of halogens is 1. The molecule has 0 amide bonds. The highest BCUT2D eigenvalue weighted by Gasteiger charge is 2.43. The van der Waals surface area contributed by atoms with Gasteiger partial charge in [-0.15, -0.1) is 0 Å². The molecule has 0 aromatic heterocycles. The van der Waals surface area contributed by atoms with Gasteiger partial charge in [-0.05, 0) is 60.8 Å². The largest absolute Gasteiger partial charge is 0.503 e. The van der Waals surface area contributed by atoms with E-state index >= 15 is 0 Å². The number of hydrogen-bond donors (Lipinski definition) is 2. The van der Waals surface area contributed by atoms with Crippen molar-refractivity contribution in [3.8, 4) is 11.5 Å². The number of fused-ring (bicyclic) bond motifs is 1. The summed E-state index contributed by atoms with van der Waals surface area (Å²) in [6.45, 7) is 5.39. The van der Waals surface area contributed by atoms with E-state index in [0.29, 0.717) is 34.1 Å². The lowest BCUT2D eigenvalue weighted by Crippen LogP contribution is -2.41. The summed E-state index contributed by atoms with van der Waals surface area (Å²) in [5.41, 5.74) is 2.59. The van der Waals surface area contributed by atoms with Crippen molar-refractivity contribution in [3.63, 3.8) is 0 Å². The fourth-order valence-corrected chi connectivity index (χ4v) is 4.31. The van der Waals surface area contributed by atoms with Crippen LogP contribution in [0.4, 0.5) is 0 Å². The summed E-state index contributed by atoms with van der Waals surface area (Å²) in [4.78, 5) is 25.8. The highest BCUT2D eigenvalue weighted by atomic mass is 79.9. The van der Waals surface area contributed by atoms with Crippen LogP contribution < -0.4 is 10.1 Å². The molecular formula is C21H24BrNO5. The highest BCUT2D eigenvalue weighted by molar-refractivity contribution is 9.10. The fraction of sp³-hybridized carbons (Fsp3) is 0.429. The average Bonchev–Trinajstić information content (AvgIpc) is 2.62. The van der Waals surface area contributed by atoms with E-state index in [2.05, 4.69) is 21.2 Å². The van der Waals surface area contributed by atoms with E-state index < -0.39 is 17.8 Å². The molecular weight excluding hydrogens is 426 g/mol. The van der Waals surface area contributed by atoms with Gasteiger partial charge in [-0.2, -0.15) is 0 Å². The van der Waals surface area contributed by atoms with Gasteiger partial charge in [-0.25, -0.2) is 4.79 Å². The van der Waals surface area contributed by atoms with Gasteiger partial charge in [0.25, 0.3) is 0 Å². The number of phenolic OH excluding ortho intramolecular Hbond substituents is 1. The minimum absolute atomic E-state index is 0.0297. The molecule has 0 saturated heterocycles. The minimum Gasteiger partial charge on any atom is -0.503 e. The molecule has 0 fully saturated rings. The summed E-state index contributed by atoms with van der Waals surface area (Å²) >= 11 is 3.34. The van der Waals surface area contributed by atoms with Crippen LogP contribution in [0.25, 0.3) is 0 Å². The van der Waals surface area contributed by atoms with Crippen molar-refractivity contribution in [2.45, 2.75) is 45.6 Å². The average molecular weight is 450 g/mol. The van der Waals surface area contributed by atoms with E-state index in [-0.39, 0.29) is 23.4 Å². The van der Waals surface area contributed by atoms with E-state index in [9.17, 15) is 14.7 Å². The number of ether oxygens (including phenoxy) is 2. The van der Waals surface area contributed by atoms with Crippen molar-refractivity contribution >= 4 is 27.7 Å². The lowest BCUT2D eigenvalue weighted by molar-refractivity contribution is -0.143. The molecule has 0 radical (unpaired) electrons. The summed E-state index contributed by atoms with van der Waals surface area (Å²) in [5.74, 6) is -1.18. The molecule has 150 valence electrons. The van der Waals surface area contributed by atoms with E-state index in [4.69, 9.17) is 9.47 Å². The van der Waals surface area contributed by atoms with Crippen LogP contribution in [-0.4, -0.2) is 30.1 Å². The number of benzene rings is 1. The molecule has 2 N–H and O–H groups in total. The van der Waals surface area contributed by atoms with Gasteiger partial charge in [-0.1, -0.05) is 6.08 Å². The molecule has 0 bridgehead atoms. The predicted octanol–water partition coefficient (Wildman–Crippen LogP) is 3.94. The number of allylic oxidation sites excluding steroid dienone is 3. The Hall–Kier alpha value is -2.28. The van der Waals surface area contributed by atoms with E-state index in [1.807, 2.05) is 13.0 Å². The van der Waals surface area contributed by atoms with Crippen molar-refractivity contribution < 1.29 is 24.2 Å². The van der Waals surface area contributed by atoms with Crippen molar-refractivity contribution in [1.82, 2.24) is 5.32 Å². The van der Waals surface area contributed by atoms with Gasteiger partial charge in [0.05, 0.1) is 29.2 Å². The maximum absolute atomic E-state index is 12.9. The number of esters is 1. The van der Waals surface area contributed by atoms with Crippen LogP contribution in [0.15, 0.2) is 39.6 Å². The predicted molar refractivity (Wildman–Crippen MR) is 108 cm³/mol. The van der Waals surface area contributed by atoms with Crippen molar-refractivity contribution in [2.75, 3.05) is 7.11 Å². The van der Waals surface area contributed by atoms with Crippen LogP contribution >= 0.6 is 15.9 Å². The second kappa shape index (κ2) is 7.99. The second-order valence-corrected chi connectivity index (χ2v) is 8.15. The van der Waals surface area contributed by atoms with Crippen molar-refractivity contribution in [3.05, 3.63) is 45.2 Å². The van der Waals surface area contributed by atoms with Crippen LogP contribution in [0, 0.1) is 5.92 Å². The van der Waals surface area contributed by atoms with E-state index in [1.54, 1.807) is 26.0 Å². The van der Waals surface area contributed by atoms with E-state index in [0.717, 1.165) is 5.70 Å². The monoisotopic (exact) mass is 449 g/mol. The lowest BCUT2D eigenvalue weighted by atomic mass is 9.71. The molecule has 2 unspecified atom stereocenters. The maximum Gasteiger partial charge on any atom is 0.336 e. The first kappa shape index (κ1) is 20.5. The lowest BCUT2D eigenvalue weighted by Gasteiger charge is -2.38. The number of rotatable bonds is 4. The molecule has 28 heavy (non-hydrogen) atoms. The van der Waals surface area contributed by atoms with E-state index in [1.165, 1.54) is 7.11 Å². The normalized spacial score (nSPS) is 21.8. The first-order valence-corrected chi connectivity index (χ1v) is 10.0. The number of carbonyl (C=O) groups excluding carboxylic acids is 2. The SMILES string of the molecule is COc1cc(C2C(C(=O)OC(C)C)=C(C)NC3=CCCC(=O)C32)cc(Br)c1O. The zero-order valence-electron chi connectivity index (χ0n) is 16.3. The third kappa shape index (κ3) is 3.68. The molecule has 1 aromatic rings. The smallest absolute Gasteiger partial charge is 0.336 e. The fourth-order valence-electron chi connectivity index (χ4n) is 3.85. The third-order valence-electron chi connectivity index (χ3n) is 5.01. The number of methoxy groups -OCH3 is 1. The Kier molecular flexibility index (Phi) is 5.84. The Balaban J connectivity index is 2.21. The zero-order valence-corrected chi connectivity index (χ0v) is 17.9. The van der Waals surface area contributed by atoms with Crippen molar-refractivity contribution in [2.24, 2.45) is 5.92 Å². The molecule has 6 nitrogen and oxygen atoms in total. The first-order valence-electron chi connectivity index (χ1n) is 9.22. The number of aromatic hydroxyl groups is 1. The molecule has 1 aromatic carbocycles.